The predicted molar refractivity (Wildman–Crippen MR) is 89.7 cm³/mol. The number of benzene rings is 1. The van der Waals surface area contributed by atoms with E-state index in [4.69, 9.17) is 17.3 Å². The van der Waals surface area contributed by atoms with Gasteiger partial charge in [-0.1, -0.05) is 41.9 Å². The lowest BCUT2D eigenvalue weighted by atomic mass is 10.1. The zero-order valence-corrected chi connectivity index (χ0v) is 13.3. The van der Waals surface area contributed by atoms with Crippen LogP contribution >= 0.6 is 11.6 Å². The molecule has 23 heavy (non-hydrogen) atoms. The van der Waals surface area contributed by atoms with Gasteiger partial charge in [-0.25, -0.2) is 4.52 Å². The van der Waals surface area contributed by atoms with E-state index in [2.05, 4.69) is 5.10 Å². The maximum absolute atomic E-state index is 12.9. The van der Waals surface area contributed by atoms with E-state index in [1.165, 1.54) is 4.52 Å². The van der Waals surface area contributed by atoms with Gasteiger partial charge in [-0.3, -0.25) is 9.36 Å². The zero-order chi connectivity index (χ0) is 16.0. The molecule has 4 rings (SSSR count). The Hall–Kier alpha value is -2.11. The molecule has 3 aromatic rings. The van der Waals surface area contributed by atoms with Crippen molar-refractivity contribution in [2.45, 2.75) is 25.4 Å². The van der Waals surface area contributed by atoms with Gasteiger partial charge in [-0.15, -0.1) is 0 Å². The molecular formula is C17H17ClN4O. The Bertz CT molecular complexity index is 911. The van der Waals surface area contributed by atoms with E-state index in [-0.39, 0.29) is 11.6 Å². The van der Waals surface area contributed by atoms with Crippen LogP contribution < -0.4 is 11.3 Å². The Morgan fingerprint density at radius 1 is 1.22 bits per heavy atom. The van der Waals surface area contributed by atoms with E-state index in [0.717, 1.165) is 18.4 Å². The molecule has 1 aliphatic carbocycles. The third-order valence-electron chi connectivity index (χ3n) is 4.36. The molecule has 0 bridgehead atoms. The van der Waals surface area contributed by atoms with E-state index in [0.29, 0.717) is 29.0 Å². The predicted octanol–water partition coefficient (Wildman–Crippen LogP) is 2.61. The van der Waals surface area contributed by atoms with Crippen LogP contribution in [0.4, 0.5) is 0 Å². The van der Waals surface area contributed by atoms with Gasteiger partial charge in [0.15, 0.2) is 0 Å². The first kappa shape index (κ1) is 14.5. The number of nitrogens with zero attached hydrogens (tertiary/aromatic N) is 3. The smallest absolute Gasteiger partial charge is 0.278 e. The van der Waals surface area contributed by atoms with E-state index >= 15 is 0 Å². The highest BCUT2D eigenvalue weighted by atomic mass is 35.5. The average molecular weight is 329 g/mol. The van der Waals surface area contributed by atoms with Crippen molar-refractivity contribution in [3.05, 3.63) is 69.4 Å². The summed E-state index contributed by atoms with van der Waals surface area (Å²) in [6.45, 7) is 0.460. The van der Waals surface area contributed by atoms with Gasteiger partial charge in [0.05, 0.1) is 12.6 Å². The van der Waals surface area contributed by atoms with Gasteiger partial charge >= 0.3 is 0 Å². The first-order valence-corrected chi connectivity index (χ1v) is 8.10. The molecular weight excluding hydrogens is 312 g/mol. The fourth-order valence-electron chi connectivity index (χ4n) is 2.90. The van der Waals surface area contributed by atoms with E-state index < -0.39 is 0 Å². The number of hydrogen-bond acceptors (Lipinski definition) is 3. The second-order valence-corrected chi connectivity index (χ2v) is 6.44. The van der Waals surface area contributed by atoms with Crippen molar-refractivity contribution in [3.63, 3.8) is 0 Å². The van der Waals surface area contributed by atoms with Gasteiger partial charge in [0.25, 0.3) is 5.56 Å². The summed E-state index contributed by atoms with van der Waals surface area (Å²) in [5, 5.41) is 5.00. The summed E-state index contributed by atoms with van der Waals surface area (Å²) in [6, 6.07) is 13.0. The Morgan fingerprint density at radius 3 is 2.65 bits per heavy atom. The minimum Gasteiger partial charge on any atom is -0.321 e. The summed E-state index contributed by atoms with van der Waals surface area (Å²) in [4.78, 5) is 12.9. The molecule has 1 unspecified atom stereocenters. The minimum absolute atomic E-state index is 0.109. The van der Waals surface area contributed by atoms with Crippen LogP contribution in [-0.2, 0) is 6.54 Å². The molecule has 1 aliphatic rings. The third kappa shape index (κ3) is 2.56. The quantitative estimate of drug-likeness (QED) is 0.800. The topological polar surface area (TPSA) is 65.3 Å². The van der Waals surface area contributed by atoms with Crippen LogP contribution in [0.1, 0.15) is 30.3 Å². The number of aromatic nitrogens is 3. The average Bonchev–Trinajstić information content (AvgIpc) is 3.34. The number of hydrogen-bond donors (Lipinski definition) is 1. The number of fused-ring (bicyclic) bond motifs is 1. The lowest BCUT2D eigenvalue weighted by molar-refractivity contribution is 0.518. The summed E-state index contributed by atoms with van der Waals surface area (Å²) in [7, 11) is 0. The highest BCUT2D eigenvalue weighted by Gasteiger charge is 2.33. The number of nitrogens with two attached hydrogens (primary N) is 1. The molecule has 118 valence electrons. The molecule has 6 heteroatoms. The van der Waals surface area contributed by atoms with Gasteiger partial charge in [-0.05, 0) is 36.5 Å². The molecule has 1 saturated carbocycles. The molecule has 0 aliphatic heterocycles. The zero-order valence-electron chi connectivity index (χ0n) is 12.5. The van der Waals surface area contributed by atoms with Crippen molar-refractivity contribution in [2.24, 2.45) is 11.7 Å². The van der Waals surface area contributed by atoms with Crippen LogP contribution in [-0.4, -0.2) is 14.2 Å². The molecule has 0 saturated heterocycles. The van der Waals surface area contributed by atoms with Gasteiger partial charge in [0.2, 0.25) is 0 Å². The van der Waals surface area contributed by atoms with Crippen molar-refractivity contribution in [3.8, 4) is 0 Å². The maximum atomic E-state index is 12.9. The first-order valence-electron chi connectivity index (χ1n) is 7.72. The summed E-state index contributed by atoms with van der Waals surface area (Å²) in [6.07, 6.45) is 2.17. The molecule has 2 heterocycles. The van der Waals surface area contributed by atoms with Crippen LogP contribution in [0.15, 0.2) is 47.3 Å². The third-order valence-corrected chi connectivity index (χ3v) is 4.65. The molecule has 1 fully saturated rings. The van der Waals surface area contributed by atoms with Crippen LogP contribution in [0.5, 0.6) is 0 Å². The van der Waals surface area contributed by atoms with Crippen molar-refractivity contribution >= 4 is 17.1 Å². The Kier molecular flexibility index (Phi) is 3.47. The number of rotatable bonds is 4. The number of halogens is 1. The second kappa shape index (κ2) is 5.51. The van der Waals surface area contributed by atoms with Crippen molar-refractivity contribution < 1.29 is 0 Å². The molecule has 0 radical (unpaired) electrons. The molecule has 2 aromatic heterocycles. The summed E-state index contributed by atoms with van der Waals surface area (Å²) in [5.74, 6) is 1.00. The fourth-order valence-corrected chi connectivity index (χ4v) is 3.09. The maximum Gasteiger partial charge on any atom is 0.278 e. The lowest BCUT2D eigenvalue weighted by Gasteiger charge is -2.17. The SMILES string of the molecule is NC(c1nn2c(Cl)ccc2c(=O)n1Cc1ccccc1)C1CC1. The Labute approximate surface area is 138 Å². The van der Waals surface area contributed by atoms with E-state index in [9.17, 15) is 4.79 Å². The van der Waals surface area contributed by atoms with Crippen molar-refractivity contribution in [1.29, 1.82) is 0 Å². The fraction of sp³-hybridized carbons (Fsp3) is 0.294. The lowest BCUT2D eigenvalue weighted by Crippen LogP contribution is -2.32. The van der Waals surface area contributed by atoms with Crippen LogP contribution in [0.2, 0.25) is 5.15 Å². The molecule has 1 atom stereocenters. The Balaban J connectivity index is 1.90. The first-order chi connectivity index (χ1) is 11.1. The van der Waals surface area contributed by atoms with Gasteiger partial charge in [0, 0.05) is 0 Å². The molecule has 0 spiro atoms. The monoisotopic (exact) mass is 328 g/mol. The van der Waals surface area contributed by atoms with E-state index in [1.807, 2.05) is 30.3 Å². The largest absolute Gasteiger partial charge is 0.321 e. The summed E-state index contributed by atoms with van der Waals surface area (Å²) < 4.78 is 3.17. The molecule has 1 aromatic carbocycles. The van der Waals surface area contributed by atoms with Crippen LogP contribution in [0, 0.1) is 5.92 Å². The van der Waals surface area contributed by atoms with Crippen molar-refractivity contribution in [2.75, 3.05) is 0 Å². The van der Waals surface area contributed by atoms with Crippen LogP contribution in [0.3, 0.4) is 0 Å². The molecule has 5 nitrogen and oxygen atoms in total. The van der Waals surface area contributed by atoms with Crippen molar-refractivity contribution in [1.82, 2.24) is 14.2 Å². The minimum atomic E-state index is -0.241. The van der Waals surface area contributed by atoms with Gasteiger partial charge in [0.1, 0.15) is 16.5 Å². The van der Waals surface area contributed by atoms with Gasteiger partial charge in [-0.2, -0.15) is 5.10 Å². The summed E-state index contributed by atoms with van der Waals surface area (Å²) in [5.41, 5.74) is 7.76. The normalized spacial score (nSPS) is 15.9. The van der Waals surface area contributed by atoms with Gasteiger partial charge < -0.3 is 5.73 Å². The van der Waals surface area contributed by atoms with E-state index in [1.54, 1.807) is 16.7 Å². The van der Waals surface area contributed by atoms with Crippen LogP contribution in [0.25, 0.3) is 5.52 Å². The second-order valence-electron chi connectivity index (χ2n) is 6.05. The Morgan fingerprint density at radius 2 is 1.96 bits per heavy atom. The highest BCUT2D eigenvalue weighted by molar-refractivity contribution is 6.29. The highest BCUT2D eigenvalue weighted by Crippen LogP contribution is 2.38. The standard InChI is InChI=1S/C17H17ClN4O/c18-14-9-8-13-17(23)21(10-11-4-2-1-3-5-11)16(20-22(13)14)15(19)12-6-7-12/h1-5,8-9,12,15H,6-7,10,19H2. The summed E-state index contributed by atoms with van der Waals surface area (Å²) >= 11 is 6.14. The molecule has 0 amide bonds. The molecule has 2 N–H and O–H groups in total.